The fourth-order valence-corrected chi connectivity index (χ4v) is 3.31. The molecule has 6 heteroatoms. The second-order valence-corrected chi connectivity index (χ2v) is 6.22. The van der Waals surface area contributed by atoms with Crippen LogP contribution >= 0.6 is 0 Å². The van der Waals surface area contributed by atoms with E-state index in [1.54, 1.807) is 23.1 Å². The van der Waals surface area contributed by atoms with Gasteiger partial charge in [-0.25, -0.2) is 0 Å². The molecule has 0 radical (unpaired) electrons. The lowest BCUT2D eigenvalue weighted by Crippen LogP contribution is -2.42. The fraction of sp³-hybridized carbons (Fsp3) is 0.263. The van der Waals surface area contributed by atoms with Gasteiger partial charge in [0, 0.05) is 17.7 Å². The van der Waals surface area contributed by atoms with Gasteiger partial charge < -0.3 is 20.1 Å². The number of nitrogens with one attached hydrogen (secondary N) is 1. The van der Waals surface area contributed by atoms with Gasteiger partial charge in [0.1, 0.15) is 12.4 Å². The number of carbonyl (C=O) groups excluding carboxylic acids is 2. The van der Waals surface area contributed by atoms with Crippen molar-refractivity contribution in [2.24, 2.45) is 0 Å². The number of hydrogen-bond donors (Lipinski definition) is 2. The summed E-state index contributed by atoms with van der Waals surface area (Å²) < 4.78 is 5.52. The van der Waals surface area contributed by atoms with Crippen LogP contribution < -0.4 is 15.0 Å². The summed E-state index contributed by atoms with van der Waals surface area (Å²) in [5.74, 6) is -0.0158. The Kier molecular flexibility index (Phi) is 3.89. The number of benzene rings is 2. The Bertz CT molecular complexity index is 849. The molecule has 0 aromatic heterocycles. The van der Waals surface area contributed by atoms with E-state index < -0.39 is 6.10 Å². The van der Waals surface area contributed by atoms with Crippen LogP contribution in [0.4, 0.5) is 5.69 Å². The molecular formula is C19H18N2O4. The van der Waals surface area contributed by atoms with Crippen LogP contribution in [0, 0.1) is 0 Å². The summed E-state index contributed by atoms with van der Waals surface area (Å²) in [6.07, 6.45) is -0.0771. The van der Waals surface area contributed by atoms with Crippen molar-refractivity contribution in [2.75, 3.05) is 24.6 Å². The average molecular weight is 338 g/mol. The summed E-state index contributed by atoms with van der Waals surface area (Å²) in [7, 11) is 0. The van der Waals surface area contributed by atoms with Gasteiger partial charge in [-0.15, -0.1) is 0 Å². The van der Waals surface area contributed by atoms with E-state index in [0.717, 1.165) is 11.3 Å². The average Bonchev–Trinajstić information content (AvgIpc) is 2.81. The molecule has 2 aromatic rings. The van der Waals surface area contributed by atoms with Crippen molar-refractivity contribution in [1.29, 1.82) is 0 Å². The van der Waals surface area contributed by atoms with Gasteiger partial charge in [-0.1, -0.05) is 18.2 Å². The first kappa shape index (κ1) is 15.7. The van der Waals surface area contributed by atoms with Gasteiger partial charge in [0.2, 0.25) is 0 Å². The lowest BCUT2D eigenvalue weighted by Gasteiger charge is -2.32. The van der Waals surface area contributed by atoms with E-state index in [2.05, 4.69) is 5.32 Å². The Morgan fingerprint density at radius 1 is 1.24 bits per heavy atom. The largest absolute Gasteiger partial charge is 0.491 e. The second-order valence-electron chi connectivity index (χ2n) is 6.22. The number of hydrogen-bond acceptors (Lipinski definition) is 4. The molecule has 2 aliphatic heterocycles. The third kappa shape index (κ3) is 2.85. The van der Waals surface area contributed by atoms with Crippen LogP contribution in [-0.4, -0.2) is 42.7 Å². The third-order valence-electron chi connectivity index (χ3n) is 4.49. The van der Waals surface area contributed by atoms with Gasteiger partial charge in [-0.05, 0) is 29.8 Å². The lowest BCUT2D eigenvalue weighted by atomic mass is 9.98. The maximum atomic E-state index is 13.0. The molecule has 0 saturated carbocycles. The Labute approximate surface area is 145 Å². The molecule has 0 spiro atoms. The van der Waals surface area contributed by atoms with Crippen LogP contribution in [0.3, 0.4) is 0 Å². The highest BCUT2D eigenvalue weighted by atomic mass is 16.5. The van der Waals surface area contributed by atoms with Crippen LogP contribution in [0.25, 0.3) is 0 Å². The maximum absolute atomic E-state index is 13.0. The Balaban J connectivity index is 1.71. The zero-order chi connectivity index (χ0) is 17.4. The Morgan fingerprint density at radius 3 is 2.96 bits per heavy atom. The molecule has 0 fully saturated rings. The van der Waals surface area contributed by atoms with Crippen molar-refractivity contribution in [3.8, 4) is 5.75 Å². The number of fused-ring (bicyclic) bond motifs is 2. The first-order valence-electron chi connectivity index (χ1n) is 8.26. The SMILES string of the molecule is O=C1NCCOc2ccc(C(=O)N3CC(O)Cc4ccccc43)cc21. The first-order chi connectivity index (χ1) is 12.1. The van der Waals surface area contributed by atoms with Crippen molar-refractivity contribution in [3.05, 3.63) is 59.2 Å². The van der Waals surface area contributed by atoms with E-state index in [1.165, 1.54) is 0 Å². The van der Waals surface area contributed by atoms with Gasteiger partial charge in [0.15, 0.2) is 0 Å². The highest BCUT2D eigenvalue weighted by molar-refractivity contribution is 6.09. The van der Waals surface area contributed by atoms with E-state index in [0.29, 0.717) is 36.4 Å². The molecule has 0 bridgehead atoms. The molecule has 128 valence electrons. The summed E-state index contributed by atoms with van der Waals surface area (Å²) in [5.41, 5.74) is 2.48. The van der Waals surface area contributed by atoms with Gasteiger partial charge in [0.25, 0.3) is 11.8 Å². The van der Waals surface area contributed by atoms with E-state index in [4.69, 9.17) is 4.74 Å². The van der Waals surface area contributed by atoms with Gasteiger partial charge >= 0.3 is 0 Å². The molecule has 0 saturated heterocycles. The zero-order valence-corrected chi connectivity index (χ0v) is 13.6. The predicted molar refractivity (Wildman–Crippen MR) is 92.1 cm³/mol. The summed E-state index contributed by atoms with van der Waals surface area (Å²) in [6, 6.07) is 12.4. The summed E-state index contributed by atoms with van der Waals surface area (Å²) in [6.45, 7) is 1.07. The van der Waals surface area contributed by atoms with Crippen LogP contribution in [0.5, 0.6) is 5.75 Å². The molecule has 1 unspecified atom stereocenters. The molecule has 2 N–H and O–H groups in total. The zero-order valence-electron chi connectivity index (χ0n) is 13.6. The van der Waals surface area contributed by atoms with E-state index in [9.17, 15) is 14.7 Å². The van der Waals surface area contributed by atoms with Crippen LogP contribution in [-0.2, 0) is 6.42 Å². The number of carbonyl (C=O) groups is 2. The molecule has 2 aromatic carbocycles. The number of rotatable bonds is 1. The third-order valence-corrected chi connectivity index (χ3v) is 4.49. The van der Waals surface area contributed by atoms with Crippen molar-refractivity contribution < 1.29 is 19.4 Å². The summed E-state index contributed by atoms with van der Waals surface area (Å²) >= 11 is 0. The number of β-amino-alcohol motifs (C(OH)–C–C–N with tert-alkyl or cyclic N) is 1. The number of para-hydroxylation sites is 1. The molecule has 25 heavy (non-hydrogen) atoms. The van der Waals surface area contributed by atoms with Crippen molar-refractivity contribution in [2.45, 2.75) is 12.5 Å². The lowest BCUT2D eigenvalue weighted by molar-refractivity contribution is 0.0954. The number of nitrogens with zero attached hydrogens (tertiary/aromatic N) is 1. The standard InChI is InChI=1S/C19H18N2O4/c22-14-9-12-3-1-2-4-16(12)21(11-14)19(24)13-5-6-17-15(10-13)18(23)20-7-8-25-17/h1-6,10,14,22H,7-9,11H2,(H,20,23). The number of amides is 2. The highest BCUT2D eigenvalue weighted by Crippen LogP contribution is 2.29. The topological polar surface area (TPSA) is 78.9 Å². The molecule has 2 amide bonds. The number of aliphatic hydroxyl groups excluding tert-OH is 1. The molecule has 1 atom stereocenters. The van der Waals surface area contributed by atoms with Crippen molar-refractivity contribution >= 4 is 17.5 Å². The Hall–Kier alpha value is -2.86. The molecular weight excluding hydrogens is 320 g/mol. The molecule has 0 aliphatic carbocycles. The van der Waals surface area contributed by atoms with E-state index in [1.807, 2.05) is 24.3 Å². The number of ether oxygens (including phenoxy) is 1. The normalized spacial score (nSPS) is 19.2. The monoisotopic (exact) mass is 338 g/mol. The fourth-order valence-electron chi connectivity index (χ4n) is 3.31. The van der Waals surface area contributed by atoms with Gasteiger partial charge in [-0.2, -0.15) is 0 Å². The molecule has 2 heterocycles. The highest BCUT2D eigenvalue weighted by Gasteiger charge is 2.29. The summed E-state index contributed by atoms with van der Waals surface area (Å²) in [5, 5.41) is 12.9. The minimum absolute atomic E-state index is 0.232. The number of aliphatic hydroxyl groups is 1. The molecule has 6 nitrogen and oxygen atoms in total. The van der Waals surface area contributed by atoms with Crippen LogP contribution in [0.1, 0.15) is 26.3 Å². The minimum Gasteiger partial charge on any atom is -0.491 e. The predicted octanol–water partition coefficient (Wildman–Crippen LogP) is 1.37. The van der Waals surface area contributed by atoms with Crippen LogP contribution in [0.15, 0.2) is 42.5 Å². The summed E-state index contributed by atoms with van der Waals surface area (Å²) in [4.78, 5) is 26.7. The minimum atomic E-state index is -0.605. The molecule has 4 rings (SSSR count). The number of anilines is 1. The van der Waals surface area contributed by atoms with Crippen molar-refractivity contribution in [1.82, 2.24) is 5.32 Å². The first-order valence-corrected chi connectivity index (χ1v) is 8.26. The quantitative estimate of drug-likeness (QED) is 0.823. The maximum Gasteiger partial charge on any atom is 0.258 e. The molecule has 2 aliphatic rings. The van der Waals surface area contributed by atoms with E-state index >= 15 is 0 Å². The van der Waals surface area contributed by atoms with E-state index in [-0.39, 0.29) is 18.4 Å². The van der Waals surface area contributed by atoms with Gasteiger partial charge in [-0.3, -0.25) is 9.59 Å². The van der Waals surface area contributed by atoms with Crippen LogP contribution in [0.2, 0.25) is 0 Å². The Morgan fingerprint density at radius 2 is 2.08 bits per heavy atom. The second kappa shape index (κ2) is 6.22. The smallest absolute Gasteiger partial charge is 0.258 e. The van der Waals surface area contributed by atoms with Gasteiger partial charge in [0.05, 0.1) is 24.8 Å². The van der Waals surface area contributed by atoms with Crippen molar-refractivity contribution in [3.63, 3.8) is 0 Å².